The lowest BCUT2D eigenvalue weighted by Crippen LogP contribution is -2.45. The number of hydrogen-bond donors (Lipinski definition) is 2. The van der Waals surface area contributed by atoms with Crippen LogP contribution in [0.4, 0.5) is 22.0 Å². The monoisotopic (exact) mass is 554 g/mol. The highest BCUT2D eigenvalue weighted by Gasteiger charge is 2.30. The Labute approximate surface area is 224 Å². The van der Waals surface area contributed by atoms with E-state index in [1.807, 2.05) is 13.0 Å². The summed E-state index contributed by atoms with van der Waals surface area (Å²) in [7, 11) is -1.90. The van der Waals surface area contributed by atoms with Crippen LogP contribution in [0.1, 0.15) is 24.0 Å². The maximum absolute atomic E-state index is 14.5. The number of nitrogens with zero attached hydrogens (tertiary/aromatic N) is 6. The number of imidazole rings is 1. The minimum absolute atomic E-state index is 0.00698. The number of aromatic nitrogens is 4. The first-order valence-corrected chi connectivity index (χ1v) is 13.7. The van der Waals surface area contributed by atoms with E-state index in [1.54, 1.807) is 35.9 Å². The number of piperidine rings is 1. The molecule has 5 rings (SSSR count). The van der Waals surface area contributed by atoms with Gasteiger partial charge in [0.1, 0.15) is 11.3 Å². The van der Waals surface area contributed by atoms with Gasteiger partial charge in [0.15, 0.2) is 5.65 Å². The first-order valence-electron chi connectivity index (χ1n) is 11.8. The van der Waals surface area contributed by atoms with Gasteiger partial charge in [-0.25, -0.2) is 22.8 Å². The average Bonchev–Trinajstić information content (AvgIpc) is 3.21. The van der Waals surface area contributed by atoms with Crippen LogP contribution in [0.15, 0.2) is 47.5 Å². The second kappa shape index (κ2) is 10.2. The van der Waals surface area contributed by atoms with E-state index in [0.29, 0.717) is 30.1 Å². The zero-order valence-corrected chi connectivity index (χ0v) is 22.2. The van der Waals surface area contributed by atoms with Crippen LogP contribution >= 0.6 is 11.6 Å². The SMILES string of the molecule is Cc1ccc(S(=O)(=O)N2CCC[C@@H](Nc3ncc4nc(Nc5c(F)cc(C#N)cc5Cl)n(C)c4n3)C2)cc1. The first-order chi connectivity index (χ1) is 18.2. The number of sulfonamides is 1. The van der Waals surface area contributed by atoms with Gasteiger partial charge in [0, 0.05) is 26.2 Å². The molecule has 1 saturated heterocycles. The lowest BCUT2D eigenvalue weighted by molar-refractivity contribution is 0.326. The van der Waals surface area contributed by atoms with Crippen LogP contribution < -0.4 is 10.6 Å². The summed E-state index contributed by atoms with van der Waals surface area (Å²) in [5.74, 6) is -0.0730. The van der Waals surface area contributed by atoms with E-state index >= 15 is 0 Å². The van der Waals surface area contributed by atoms with Crippen molar-refractivity contribution in [3.05, 3.63) is 64.6 Å². The zero-order valence-electron chi connectivity index (χ0n) is 20.6. The molecule has 2 aromatic carbocycles. The molecule has 13 heteroatoms. The molecule has 0 amide bonds. The lowest BCUT2D eigenvalue weighted by Gasteiger charge is -2.32. The number of halogens is 2. The van der Waals surface area contributed by atoms with Crippen LogP contribution in [-0.2, 0) is 17.1 Å². The van der Waals surface area contributed by atoms with Crippen molar-refractivity contribution in [1.29, 1.82) is 5.26 Å². The molecule has 1 atom stereocenters. The van der Waals surface area contributed by atoms with Gasteiger partial charge in [-0.05, 0) is 44.0 Å². The molecule has 10 nitrogen and oxygen atoms in total. The number of fused-ring (bicyclic) bond motifs is 1. The molecule has 0 unspecified atom stereocenters. The highest BCUT2D eigenvalue weighted by Crippen LogP contribution is 2.30. The van der Waals surface area contributed by atoms with E-state index < -0.39 is 15.8 Å². The summed E-state index contributed by atoms with van der Waals surface area (Å²) in [5, 5.41) is 15.2. The van der Waals surface area contributed by atoms with Crippen molar-refractivity contribution < 1.29 is 12.8 Å². The molecule has 0 saturated carbocycles. The molecule has 0 aliphatic carbocycles. The number of rotatable bonds is 6. The molecule has 1 aliphatic rings. The number of hydrogen-bond acceptors (Lipinski definition) is 8. The van der Waals surface area contributed by atoms with Gasteiger partial charge >= 0.3 is 0 Å². The van der Waals surface area contributed by atoms with Gasteiger partial charge in [-0.3, -0.25) is 4.57 Å². The Morgan fingerprint density at radius 3 is 2.68 bits per heavy atom. The Morgan fingerprint density at radius 2 is 1.97 bits per heavy atom. The molecule has 4 aromatic rings. The van der Waals surface area contributed by atoms with Crippen LogP contribution in [0.5, 0.6) is 0 Å². The minimum atomic E-state index is -3.61. The molecule has 3 heterocycles. The number of nitrogens with one attached hydrogen (secondary N) is 2. The molecule has 0 spiro atoms. The van der Waals surface area contributed by atoms with E-state index in [9.17, 15) is 12.8 Å². The van der Waals surface area contributed by atoms with E-state index in [0.717, 1.165) is 18.1 Å². The Hall–Kier alpha value is -3.79. The number of benzene rings is 2. The summed E-state index contributed by atoms with van der Waals surface area (Å²) < 4.78 is 43.9. The lowest BCUT2D eigenvalue weighted by atomic mass is 10.1. The van der Waals surface area contributed by atoms with Gasteiger partial charge in [-0.1, -0.05) is 29.3 Å². The fourth-order valence-electron chi connectivity index (χ4n) is 4.35. The van der Waals surface area contributed by atoms with Gasteiger partial charge in [-0.2, -0.15) is 14.6 Å². The topological polar surface area (TPSA) is 129 Å². The number of anilines is 3. The zero-order chi connectivity index (χ0) is 27.0. The summed E-state index contributed by atoms with van der Waals surface area (Å²) in [6.07, 6.45) is 2.99. The van der Waals surface area contributed by atoms with Gasteiger partial charge in [0.2, 0.25) is 21.9 Å². The van der Waals surface area contributed by atoms with Crippen molar-refractivity contribution in [2.75, 3.05) is 23.7 Å². The maximum Gasteiger partial charge on any atom is 0.243 e. The van der Waals surface area contributed by atoms with E-state index in [-0.39, 0.29) is 39.7 Å². The summed E-state index contributed by atoms with van der Waals surface area (Å²) >= 11 is 6.16. The minimum Gasteiger partial charge on any atom is -0.350 e. The van der Waals surface area contributed by atoms with Crippen molar-refractivity contribution in [2.24, 2.45) is 7.05 Å². The first kappa shape index (κ1) is 25.8. The van der Waals surface area contributed by atoms with Crippen molar-refractivity contribution in [3.8, 4) is 6.07 Å². The van der Waals surface area contributed by atoms with Gasteiger partial charge in [0.25, 0.3) is 0 Å². The third kappa shape index (κ3) is 5.00. The van der Waals surface area contributed by atoms with Gasteiger partial charge < -0.3 is 10.6 Å². The second-order valence-corrected chi connectivity index (χ2v) is 11.5. The third-order valence-electron chi connectivity index (χ3n) is 6.40. The second-order valence-electron chi connectivity index (χ2n) is 9.11. The average molecular weight is 555 g/mol. The van der Waals surface area contributed by atoms with Crippen molar-refractivity contribution in [1.82, 2.24) is 23.8 Å². The molecule has 0 bridgehead atoms. The van der Waals surface area contributed by atoms with Crippen LogP contribution in [0, 0.1) is 24.1 Å². The van der Waals surface area contributed by atoms with Crippen molar-refractivity contribution in [3.63, 3.8) is 0 Å². The largest absolute Gasteiger partial charge is 0.350 e. The molecule has 196 valence electrons. The van der Waals surface area contributed by atoms with Gasteiger partial charge in [-0.15, -0.1) is 0 Å². The predicted octanol–water partition coefficient (Wildman–Crippen LogP) is 4.34. The summed E-state index contributed by atoms with van der Waals surface area (Å²) in [6, 6.07) is 11.0. The fourth-order valence-corrected chi connectivity index (χ4v) is 6.13. The summed E-state index contributed by atoms with van der Waals surface area (Å²) in [4.78, 5) is 13.6. The highest BCUT2D eigenvalue weighted by atomic mass is 35.5. The van der Waals surface area contributed by atoms with Crippen LogP contribution in [-0.4, -0.2) is 51.4 Å². The Bertz CT molecular complexity index is 1640. The number of aryl methyl sites for hydroxylation is 2. The Balaban J connectivity index is 1.34. The third-order valence-corrected chi connectivity index (χ3v) is 8.57. The molecule has 1 aliphatic heterocycles. The van der Waals surface area contributed by atoms with Crippen LogP contribution in [0.2, 0.25) is 5.02 Å². The predicted molar refractivity (Wildman–Crippen MR) is 142 cm³/mol. The van der Waals surface area contributed by atoms with E-state index in [1.165, 1.54) is 16.6 Å². The van der Waals surface area contributed by atoms with E-state index in [2.05, 4.69) is 25.6 Å². The van der Waals surface area contributed by atoms with Crippen LogP contribution in [0.25, 0.3) is 11.2 Å². The fraction of sp³-hybridized carbons (Fsp3) is 0.280. The van der Waals surface area contributed by atoms with Gasteiger partial charge in [0.05, 0.1) is 33.4 Å². The number of nitriles is 1. The molecule has 1 fully saturated rings. The molecule has 2 aromatic heterocycles. The maximum atomic E-state index is 14.5. The smallest absolute Gasteiger partial charge is 0.243 e. The van der Waals surface area contributed by atoms with E-state index in [4.69, 9.17) is 16.9 Å². The Morgan fingerprint density at radius 1 is 1.21 bits per heavy atom. The standard InChI is InChI=1S/C25H24ClFN8O2S/c1-15-5-7-18(8-6-15)38(36,37)35-9-3-4-17(14-35)30-24-29-13-21-23(33-24)34(2)25(31-21)32-22-19(26)10-16(12-28)11-20(22)27/h5-8,10-11,13,17H,3-4,9,14H2,1-2H3,(H,31,32)(H,29,30,33)/t17-/m1/s1. The highest BCUT2D eigenvalue weighted by molar-refractivity contribution is 7.89. The summed E-state index contributed by atoms with van der Waals surface area (Å²) in [5.41, 5.74) is 2.05. The van der Waals surface area contributed by atoms with Crippen molar-refractivity contribution in [2.45, 2.75) is 30.7 Å². The molecule has 0 radical (unpaired) electrons. The molecular weight excluding hydrogens is 531 g/mol. The normalized spacial score (nSPS) is 16.3. The Kier molecular flexibility index (Phi) is 6.92. The van der Waals surface area contributed by atoms with Crippen molar-refractivity contribution >= 4 is 50.4 Å². The molecule has 2 N–H and O–H groups in total. The molecular formula is C25H24ClFN8O2S. The quantitative estimate of drug-likeness (QED) is 0.360. The van der Waals surface area contributed by atoms with Crippen LogP contribution in [0.3, 0.4) is 0 Å². The summed E-state index contributed by atoms with van der Waals surface area (Å²) in [6.45, 7) is 2.64. The molecule has 38 heavy (non-hydrogen) atoms.